The van der Waals surface area contributed by atoms with E-state index in [1.807, 2.05) is 35.3 Å². The molecule has 1 heterocycles. The van der Waals surface area contributed by atoms with Crippen molar-refractivity contribution in [3.63, 3.8) is 0 Å². The summed E-state index contributed by atoms with van der Waals surface area (Å²) in [6.45, 7) is 1.89. The van der Waals surface area contributed by atoms with Gasteiger partial charge in [-0.3, -0.25) is 4.79 Å². The number of benzene rings is 1. The molecule has 1 aliphatic heterocycles. The third kappa shape index (κ3) is 3.04. The second-order valence-corrected chi connectivity index (χ2v) is 3.70. The summed E-state index contributed by atoms with van der Waals surface area (Å²) in [5, 5.41) is 10.9. The van der Waals surface area contributed by atoms with Crippen LogP contribution < -0.4 is 5.43 Å². The maximum atomic E-state index is 11.0. The molecule has 80 valence electrons. The largest absolute Gasteiger partial charge is 0.480 e. The molecular formula is C11H14N2O2. The molecule has 0 aliphatic carbocycles. The molecule has 4 nitrogen and oxygen atoms in total. The summed E-state index contributed by atoms with van der Waals surface area (Å²) >= 11 is 0. The topological polar surface area (TPSA) is 52.3 Å². The van der Waals surface area contributed by atoms with Crippen LogP contribution in [-0.2, 0) is 11.2 Å². The number of carboxylic acids is 1. The Labute approximate surface area is 88.5 Å². The van der Waals surface area contributed by atoms with Crippen LogP contribution in [0.15, 0.2) is 30.3 Å². The Balaban J connectivity index is 1.96. The highest BCUT2D eigenvalue weighted by molar-refractivity contribution is 5.73. The van der Waals surface area contributed by atoms with Crippen LogP contribution in [0.1, 0.15) is 5.56 Å². The molecule has 1 saturated heterocycles. The smallest absolute Gasteiger partial charge is 0.322 e. The van der Waals surface area contributed by atoms with Crippen LogP contribution in [0.3, 0.4) is 0 Å². The normalized spacial score (nSPS) is 17.3. The maximum absolute atomic E-state index is 11.0. The monoisotopic (exact) mass is 206 g/mol. The molecule has 1 fully saturated rings. The van der Waals surface area contributed by atoms with Crippen molar-refractivity contribution in [2.24, 2.45) is 0 Å². The summed E-state index contributed by atoms with van der Waals surface area (Å²) < 4.78 is 0. The Morgan fingerprint density at radius 2 is 2.07 bits per heavy atom. The third-order valence-electron chi connectivity index (χ3n) is 2.37. The van der Waals surface area contributed by atoms with Crippen LogP contribution in [0.25, 0.3) is 0 Å². The molecule has 15 heavy (non-hydrogen) atoms. The van der Waals surface area contributed by atoms with Crippen molar-refractivity contribution < 1.29 is 9.90 Å². The van der Waals surface area contributed by atoms with E-state index in [0.29, 0.717) is 6.42 Å². The number of rotatable bonds is 5. The molecule has 1 atom stereocenters. The highest BCUT2D eigenvalue weighted by Crippen LogP contribution is 2.06. The van der Waals surface area contributed by atoms with Gasteiger partial charge >= 0.3 is 5.97 Å². The predicted molar refractivity (Wildman–Crippen MR) is 56.3 cm³/mol. The van der Waals surface area contributed by atoms with Gasteiger partial charge < -0.3 is 5.11 Å². The van der Waals surface area contributed by atoms with Gasteiger partial charge in [-0.05, 0) is 12.0 Å². The van der Waals surface area contributed by atoms with Gasteiger partial charge in [-0.1, -0.05) is 30.3 Å². The first kappa shape index (κ1) is 10.1. The van der Waals surface area contributed by atoms with Crippen molar-refractivity contribution in [2.75, 3.05) is 13.1 Å². The molecule has 0 amide bonds. The summed E-state index contributed by atoms with van der Waals surface area (Å²) in [5.74, 6) is -0.800. The van der Waals surface area contributed by atoms with E-state index in [-0.39, 0.29) is 0 Å². The van der Waals surface area contributed by atoms with Crippen molar-refractivity contribution in [1.29, 1.82) is 0 Å². The molecule has 2 rings (SSSR count). The molecule has 1 aromatic rings. The standard InChI is InChI=1S/C11H14N2O2/c14-11(15)10(12-13-6-7-13)8-9-4-2-1-3-5-9/h1-5,10,12H,6-8H2,(H,14,15)/t10-/m0/s1. The van der Waals surface area contributed by atoms with Gasteiger partial charge in [0.1, 0.15) is 6.04 Å². The minimum atomic E-state index is -0.800. The molecule has 0 spiro atoms. The average molecular weight is 206 g/mol. The first-order valence-corrected chi connectivity index (χ1v) is 5.03. The van der Waals surface area contributed by atoms with Gasteiger partial charge in [0.05, 0.1) is 0 Å². The van der Waals surface area contributed by atoms with Crippen molar-refractivity contribution in [3.05, 3.63) is 35.9 Å². The number of aliphatic carboxylic acids is 1. The molecular weight excluding hydrogens is 192 g/mol. The number of carbonyl (C=O) groups is 1. The lowest BCUT2D eigenvalue weighted by Gasteiger charge is -2.14. The van der Waals surface area contributed by atoms with E-state index in [1.165, 1.54) is 0 Å². The summed E-state index contributed by atoms with van der Waals surface area (Å²) in [6, 6.07) is 9.14. The number of hydrogen-bond acceptors (Lipinski definition) is 3. The Hall–Kier alpha value is -1.39. The SMILES string of the molecule is O=C(O)[C@H](Cc1ccccc1)NN1CC1. The second kappa shape index (κ2) is 4.42. The Morgan fingerprint density at radius 1 is 1.40 bits per heavy atom. The van der Waals surface area contributed by atoms with Gasteiger partial charge in [0, 0.05) is 13.1 Å². The lowest BCUT2D eigenvalue weighted by molar-refractivity contribution is -0.140. The zero-order chi connectivity index (χ0) is 10.7. The molecule has 4 heteroatoms. The van der Waals surface area contributed by atoms with Crippen LogP contribution in [0.4, 0.5) is 0 Å². The summed E-state index contributed by atoms with van der Waals surface area (Å²) in [4.78, 5) is 11.0. The van der Waals surface area contributed by atoms with Gasteiger partial charge in [-0.25, -0.2) is 10.4 Å². The van der Waals surface area contributed by atoms with Crippen LogP contribution in [0.5, 0.6) is 0 Å². The summed E-state index contributed by atoms with van der Waals surface area (Å²) in [5.41, 5.74) is 4.01. The Bertz CT molecular complexity index is 336. The van der Waals surface area contributed by atoms with E-state index >= 15 is 0 Å². The van der Waals surface area contributed by atoms with Crippen LogP contribution in [-0.4, -0.2) is 35.2 Å². The number of nitrogens with one attached hydrogen (secondary N) is 1. The molecule has 2 N–H and O–H groups in total. The third-order valence-corrected chi connectivity index (χ3v) is 2.37. The van der Waals surface area contributed by atoms with Gasteiger partial charge in [0.2, 0.25) is 0 Å². The molecule has 1 aromatic carbocycles. The van der Waals surface area contributed by atoms with Crippen molar-refractivity contribution in [2.45, 2.75) is 12.5 Å². The number of nitrogens with zero attached hydrogens (tertiary/aromatic N) is 1. The predicted octanol–water partition coefficient (Wildman–Crippen LogP) is 0.502. The molecule has 0 aromatic heterocycles. The van der Waals surface area contributed by atoms with E-state index < -0.39 is 12.0 Å². The quantitative estimate of drug-likeness (QED) is 0.689. The average Bonchev–Trinajstić information content (AvgIpc) is 3.02. The first-order valence-electron chi connectivity index (χ1n) is 5.03. The number of hydrazine groups is 1. The first-order chi connectivity index (χ1) is 7.25. The lowest BCUT2D eigenvalue weighted by Crippen LogP contribution is -2.41. The lowest BCUT2D eigenvalue weighted by atomic mass is 10.1. The van der Waals surface area contributed by atoms with E-state index in [2.05, 4.69) is 5.43 Å². The fraction of sp³-hybridized carbons (Fsp3) is 0.364. The van der Waals surface area contributed by atoms with Crippen LogP contribution >= 0.6 is 0 Å². The van der Waals surface area contributed by atoms with Gasteiger partial charge in [0.15, 0.2) is 0 Å². The molecule has 0 saturated carbocycles. The summed E-state index contributed by atoms with van der Waals surface area (Å²) in [7, 11) is 0. The minimum absolute atomic E-state index is 0.519. The zero-order valence-electron chi connectivity index (χ0n) is 8.39. The van der Waals surface area contributed by atoms with E-state index in [4.69, 9.17) is 5.11 Å². The Kier molecular flexibility index (Phi) is 2.99. The van der Waals surface area contributed by atoms with Crippen molar-refractivity contribution >= 4 is 5.97 Å². The van der Waals surface area contributed by atoms with Crippen molar-refractivity contribution in [1.82, 2.24) is 10.4 Å². The second-order valence-electron chi connectivity index (χ2n) is 3.70. The van der Waals surface area contributed by atoms with E-state index in [0.717, 1.165) is 18.7 Å². The highest BCUT2D eigenvalue weighted by atomic mass is 16.4. The molecule has 0 unspecified atom stereocenters. The van der Waals surface area contributed by atoms with Crippen molar-refractivity contribution in [3.8, 4) is 0 Å². The van der Waals surface area contributed by atoms with Crippen LogP contribution in [0.2, 0.25) is 0 Å². The number of carboxylic acid groups (broad SMARTS) is 1. The van der Waals surface area contributed by atoms with Gasteiger partial charge in [-0.2, -0.15) is 0 Å². The number of hydrogen-bond donors (Lipinski definition) is 2. The van der Waals surface area contributed by atoms with Gasteiger partial charge in [-0.15, -0.1) is 0 Å². The van der Waals surface area contributed by atoms with Crippen LogP contribution in [0, 0.1) is 0 Å². The highest BCUT2D eigenvalue weighted by Gasteiger charge is 2.25. The zero-order valence-corrected chi connectivity index (χ0v) is 8.39. The Morgan fingerprint density at radius 3 is 2.60 bits per heavy atom. The maximum Gasteiger partial charge on any atom is 0.322 e. The van der Waals surface area contributed by atoms with E-state index in [1.54, 1.807) is 0 Å². The van der Waals surface area contributed by atoms with E-state index in [9.17, 15) is 4.79 Å². The fourth-order valence-electron chi connectivity index (χ4n) is 1.44. The molecule has 1 aliphatic rings. The fourth-order valence-corrected chi connectivity index (χ4v) is 1.44. The van der Waals surface area contributed by atoms with Gasteiger partial charge in [0.25, 0.3) is 0 Å². The minimum Gasteiger partial charge on any atom is -0.480 e. The molecule has 0 bridgehead atoms. The molecule has 0 radical (unpaired) electrons. The summed E-state index contributed by atoms with van der Waals surface area (Å²) in [6.07, 6.45) is 0.521.